The second-order valence-electron chi connectivity index (χ2n) is 5.41. The summed E-state index contributed by atoms with van der Waals surface area (Å²) < 4.78 is 7.84. The largest absolute Gasteiger partial charge is 0.440 e. The molecule has 0 bridgehead atoms. The molecule has 1 aromatic carbocycles. The van der Waals surface area contributed by atoms with Gasteiger partial charge in [0.2, 0.25) is 0 Å². The lowest BCUT2D eigenvalue weighted by Crippen LogP contribution is -2.05. The Kier molecular flexibility index (Phi) is 3.64. The molecule has 0 aliphatic rings. The van der Waals surface area contributed by atoms with E-state index < -0.39 is 0 Å². The van der Waals surface area contributed by atoms with E-state index in [2.05, 4.69) is 40.6 Å². The minimum absolute atomic E-state index is 0.299. The van der Waals surface area contributed by atoms with Gasteiger partial charge in [0.25, 0.3) is 0 Å². The Morgan fingerprint density at radius 1 is 1.33 bits per heavy atom. The first-order chi connectivity index (χ1) is 10.2. The van der Waals surface area contributed by atoms with Crippen molar-refractivity contribution in [3.05, 3.63) is 42.3 Å². The second-order valence-corrected chi connectivity index (χ2v) is 5.41. The maximum atomic E-state index is 5.72. The first kappa shape index (κ1) is 13.7. The Balaban J connectivity index is 1.78. The first-order valence-electron chi connectivity index (χ1n) is 7.30. The molecule has 21 heavy (non-hydrogen) atoms. The van der Waals surface area contributed by atoms with Crippen LogP contribution in [0.15, 0.2) is 35.1 Å². The Labute approximate surface area is 124 Å². The molecule has 5 heteroatoms. The van der Waals surface area contributed by atoms with Crippen LogP contribution >= 0.6 is 0 Å². The molecule has 0 aliphatic carbocycles. The topological polar surface area (TPSA) is 55.9 Å². The molecular weight excluding hydrogens is 264 g/mol. The molecule has 0 aliphatic heterocycles. The number of fused-ring (bicyclic) bond motifs is 1. The number of hydrogen-bond acceptors (Lipinski definition) is 4. The average molecular weight is 284 g/mol. The molecule has 0 spiro atoms. The smallest absolute Gasteiger partial charge is 0.198 e. The molecule has 2 heterocycles. The van der Waals surface area contributed by atoms with E-state index in [9.17, 15) is 0 Å². The summed E-state index contributed by atoms with van der Waals surface area (Å²) in [4.78, 5) is 8.70. The van der Waals surface area contributed by atoms with Crippen molar-refractivity contribution in [1.29, 1.82) is 0 Å². The summed E-state index contributed by atoms with van der Waals surface area (Å²) in [5.41, 5.74) is 3.94. The van der Waals surface area contributed by atoms with E-state index in [0.717, 1.165) is 35.8 Å². The standard InChI is InChI=1S/C16H20N4O/c1-4-20-10-17-8-13(20)9-18-12-5-6-15-14(7-12)19-16(21-15)11(2)3/h5-8,10-11,18H,4,9H2,1-3H3. The van der Waals surface area contributed by atoms with Crippen molar-refractivity contribution in [1.82, 2.24) is 14.5 Å². The number of oxazole rings is 1. The van der Waals surface area contributed by atoms with Gasteiger partial charge in [-0.05, 0) is 25.1 Å². The number of rotatable bonds is 5. The van der Waals surface area contributed by atoms with Crippen LogP contribution in [-0.2, 0) is 13.1 Å². The van der Waals surface area contributed by atoms with Crippen molar-refractivity contribution < 1.29 is 4.42 Å². The van der Waals surface area contributed by atoms with Crippen LogP contribution < -0.4 is 5.32 Å². The Bertz CT molecular complexity index is 742. The quantitative estimate of drug-likeness (QED) is 0.774. The maximum Gasteiger partial charge on any atom is 0.198 e. The highest BCUT2D eigenvalue weighted by atomic mass is 16.3. The van der Waals surface area contributed by atoms with Crippen LogP contribution in [-0.4, -0.2) is 14.5 Å². The molecule has 5 nitrogen and oxygen atoms in total. The second kappa shape index (κ2) is 5.60. The van der Waals surface area contributed by atoms with E-state index in [4.69, 9.17) is 4.42 Å². The molecule has 0 radical (unpaired) electrons. The zero-order chi connectivity index (χ0) is 14.8. The molecule has 2 aromatic heterocycles. The van der Waals surface area contributed by atoms with Gasteiger partial charge in [-0.1, -0.05) is 13.8 Å². The molecule has 0 saturated heterocycles. The van der Waals surface area contributed by atoms with Gasteiger partial charge < -0.3 is 14.3 Å². The van der Waals surface area contributed by atoms with Gasteiger partial charge in [-0.25, -0.2) is 9.97 Å². The molecule has 0 fully saturated rings. The summed E-state index contributed by atoms with van der Waals surface area (Å²) in [7, 11) is 0. The molecular formula is C16H20N4O. The summed E-state index contributed by atoms with van der Waals surface area (Å²) in [5.74, 6) is 1.08. The predicted molar refractivity (Wildman–Crippen MR) is 83.3 cm³/mol. The Morgan fingerprint density at radius 3 is 2.95 bits per heavy atom. The summed E-state index contributed by atoms with van der Waals surface area (Å²) in [6, 6.07) is 6.01. The van der Waals surface area contributed by atoms with Gasteiger partial charge in [0.1, 0.15) is 5.52 Å². The number of aryl methyl sites for hydroxylation is 1. The van der Waals surface area contributed by atoms with Crippen LogP contribution in [0.1, 0.15) is 38.3 Å². The van der Waals surface area contributed by atoms with Crippen molar-refractivity contribution in [3.8, 4) is 0 Å². The number of anilines is 1. The molecule has 1 N–H and O–H groups in total. The van der Waals surface area contributed by atoms with Gasteiger partial charge >= 0.3 is 0 Å². The van der Waals surface area contributed by atoms with Crippen LogP contribution in [0.3, 0.4) is 0 Å². The minimum atomic E-state index is 0.299. The lowest BCUT2D eigenvalue weighted by atomic mass is 10.2. The molecule has 3 aromatic rings. The van der Waals surface area contributed by atoms with Gasteiger partial charge in [0.05, 0.1) is 18.6 Å². The number of benzene rings is 1. The number of nitrogens with zero attached hydrogens (tertiary/aromatic N) is 3. The zero-order valence-electron chi connectivity index (χ0n) is 12.6. The van der Waals surface area contributed by atoms with E-state index >= 15 is 0 Å². The number of aromatic nitrogens is 3. The highest BCUT2D eigenvalue weighted by Crippen LogP contribution is 2.24. The van der Waals surface area contributed by atoms with Gasteiger partial charge in [0, 0.05) is 24.3 Å². The van der Waals surface area contributed by atoms with Crippen molar-refractivity contribution in [3.63, 3.8) is 0 Å². The van der Waals surface area contributed by atoms with Crippen LogP contribution in [0.25, 0.3) is 11.1 Å². The van der Waals surface area contributed by atoms with E-state index in [1.165, 1.54) is 5.69 Å². The SMILES string of the molecule is CCn1cncc1CNc1ccc2oc(C(C)C)nc2c1. The van der Waals surface area contributed by atoms with Crippen LogP contribution in [0.2, 0.25) is 0 Å². The van der Waals surface area contributed by atoms with Crippen molar-refractivity contribution in [2.45, 2.75) is 39.8 Å². The highest BCUT2D eigenvalue weighted by Gasteiger charge is 2.09. The van der Waals surface area contributed by atoms with Crippen molar-refractivity contribution >= 4 is 16.8 Å². The van der Waals surface area contributed by atoms with Crippen LogP contribution in [0, 0.1) is 0 Å². The van der Waals surface area contributed by atoms with E-state index in [0.29, 0.717) is 5.92 Å². The van der Waals surface area contributed by atoms with E-state index in [-0.39, 0.29) is 0 Å². The van der Waals surface area contributed by atoms with E-state index in [1.54, 1.807) is 0 Å². The third-order valence-corrected chi connectivity index (χ3v) is 3.51. The number of hydrogen-bond donors (Lipinski definition) is 1. The molecule has 0 unspecified atom stereocenters. The summed E-state index contributed by atoms with van der Waals surface area (Å²) in [5, 5.41) is 3.41. The van der Waals surface area contributed by atoms with E-state index in [1.807, 2.05) is 30.7 Å². The number of nitrogens with one attached hydrogen (secondary N) is 1. The monoisotopic (exact) mass is 284 g/mol. The lowest BCUT2D eigenvalue weighted by Gasteiger charge is -2.08. The predicted octanol–water partition coefficient (Wildman–Crippen LogP) is 3.78. The molecule has 0 atom stereocenters. The maximum absolute atomic E-state index is 5.72. The van der Waals surface area contributed by atoms with Crippen molar-refractivity contribution in [2.75, 3.05) is 5.32 Å². The van der Waals surface area contributed by atoms with Crippen molar-refractivity contribution in [2.24, 2.45) is 0 Å². The Hall–Kier alpha value is -2.30. The van der Waals surface area contributed by atoms with Gasteiger partial charge in [0.15, 0.2) is 11.5 Å². The Morgan fingerprint density at radius 2 is 2.19 bits per heavy atom. The number of imidazole rings is 1. The molecule has 3 rings (SSSR count). The van der Waals surface area contributed by atoms with Gasteiger partial charge in [-0.3, -0.25) is 0 Å². The molecule has 0 saturated carbocycles. The van der Waals surface area contributed by atoms with Crippen LogP contribution in [0.4, 0.5) is 5.69 Å². The minimum Gasteiger partial charge on any atom is -0.440 e. The summed E-state index contributed by atoms with van der Waals surface area (Å²) in [6.07, 6.45) is 3.74. The zero-order valence-corrected chi connectivity index (χ0v) is 12.6. The normalized spacial score (nSPS) is 11.4. The fourth-order valence-electron chi connectivity index (χ4n) is 2.27. The lowest BCUT2D eigenvalue weighted by molar-refractivity contribution is 0.501. The molecule has 110 valence electrons. The third-order valence-electron chi connectivity index (χ3n) is 3.51. The van der Waals surface area contributed by atoms with Crippen LogP contribution in [0.5, 0.6) is 0 Å². The van der Waals surface area contributed by atoms with Gasteiger partial charge in [-0.2, -0.15) is 0 Å². The summed E-state index contributed by atoms with van der Waals surface area (Å²) >= 11 is 0. The average Bonchev–Trinajstić information content (AvgIpc) is 3.10. The van der Waals surface area contributed by atoms with Gasteiger partial charge in [-0.15, -0.1) is 0 Å². The first-order valence-corrected chi connectivity index (χ1v) is 7.30. The highest BCUT2D eigenvalue weighted by molar-refractivity contribution is 5.77. The third kappa shape index (κ3) is 2.77. The fraction of sp³-hybridized carbons (Fsp3) is 0.375. The summed E-state index contributed by atoms with van der Waals surface area (Å²) in [6.45, 7) is 7.94. The molecule has 0 amide bonds. The fourth-order valence-corrected chi connectivity index (χ4v) is 2.27.